The Balaban J connectivity index is 1.79. The molecular formula is C20H16BrNO5. The summed E-state index contributed by atoms with van der Waals surface area (Å²) in [5.41, 5.74) is 0.404. The Kier molecular flexibility index (Phi) is 5.71. The number of rotatable bonds is 5. The van der Waals surface area contributed by atoms with E-state index in [0.717, 1.165) is 10.9 Å². The van der Waals surface area contributed by atoms with Crippen LogP contribution in [-0.2, 0) is 4.74 Å². The molecule has 138 valence electrons. The van der Waals surface area contributed by atoms with Crippen LogP contribution < -0.4 is 10.9 Å². The molecule has 0 spiro atoms. The van der Waals surface area contributed by atoms with E-state index in [4.69, 9.17) is 9.15 Å². The maximum Gasteiger partial charge on any atom is 0.349 e. The van der Waals surface area contributed by atoms with Crippen LogP contribution in [0.4, 0.5) is 5.69 Å². The maximum atomic E-state index is 12.4. The molecule has 0 atom stereocenters. The zero-order valence-electron chi connectivity index (χ0n) is 14.5. The fraction of sp³-hybridized carbons (Fsp3) is 0.150. The standard InChI is InChI=1S/C20H16BrNO5/c1-2-9-26-19(24)12-3-6-15(7-4-12)22-18(23)16-11-13-10-14(21)5-8-17(13)27-20(16)25/h3-8,10-11H,2,9H2,1H3,(H,22,23). The first-order valence-corrected chi connectivity index (χ1v) is 9.09. The molecule has 0 fully saturated rings. The average Bonchev–Trinajstić information content (AvgIpc) is 2.66. The molecule has 0 radical (unpaired) electrons. The van der Waals surface area contributed by atoms with Gasteiger partial charge in [-0.1, -0.05) is 22.9 Å². The zero-order valence-corrected chi connectivity index (χ0v) is 16.0. The molecule has 27 heavy (non-hydrogen) atoms. The topological polar surface area (TPSA) is 85.6 Å². The molecule has 2 aromatic carbocycles. The number of halogens is 1. The number of hydrogen-bond donors (Lipinski definition) is 1. The third kappa shape index (κ3) is 4.43. The number of carbonyl (C=O) groups is 2. The van der Waals surface area contributed by atoms with Gasteiger partial charge in [-0.2, -0.15) is 0 Å². The molecular weight excluding hydrogens is 414 g/mol. The number of carbonyl (C=O) groups excluding carboxylic acids is 2. The lowest BCUT2D eigenvalue weighted by Crippen LogP contribution is -2.20. The van der Waals surface area contributed by atoms with Gasteiger partial charge in [0.25, 0.3) is 5.91 Å². The van der Waals surface area contributed by atoms with E-state index in [0.29, 0.717) is 28.8 Å². The second-order valence-corrected chi connectivity index (χ2v) is 6.71. The Morgan fingerprint density at radius 1 is 1.11 bits per heavy atom. The first-order chi connectivity index (χ1) is 13.0. The van der Waals surface area contributed by atoms with E-state index in [2.05, 4.69) is 21.2 Å². The number of esters is 1. The van der Waals surface area contributed by atoms with Crippen molar-refractivity contribution >= 4 is 44.5 Å². The van der Waals surface area contributed by atoms with Crippen LogP contribution in [0.3, 0.4) is 0 Å². The Morgan fingerprint density at radius 3 is 2.56 bits per heavy atom. The predicted molar refractivity (Wildman–Crippen MR) is 105 cm³/mol. The molecule has 1 aromatic heterocycles. The predicted octanol–water partition coefficient (Wildman–Crippen LogP) is 4.37. The summed E-state index contributed by atoms with van der Waals surface area (Å²) in [6.45, 7) is 2.26. The van der Waals surface area contributed by atoms with Crippen molar-refractivity contribution in [3.05, 3.63) is 74.6 Å². The molecule has 0 saturated heterocycles. The highest BCUT2D eigenvalue weighted by Gasteiger charge is 2.15. The van der Waals surface area contributed by atoms with Crippen LogP contribution in [0.15, 0.2) is 62.2 Å². The monoisotopic (exact) mass is 429 g/mol. The van der Waals surface area contributed by atoms with Gasteiger partial charge in [0.2, 0.25) is 0 Å². The van der Waals surface area contributed by atoms with Crippen LogP contribution in [0, 0.1) is 0 Å². The fourth-order valence-electron chi connectivity index (χ4n) is 2.42. The quantitative estimate of drug-likeness (QED) is 0.480. The van der Waals surface area contributed by atoms with Gasteiger partial charge in [0.05, 0.1) is 12.2 Å². The lowest BCUT2D eigenvalue weighted by molar-refractivity contribution is 0.0505. The molecule has 3 rings (SSSR count). The van der Waals surface area contributed by atoms with Crippen molar-refractivity contribution in [2.24, 2.45) is 0 Å². The summed E-state index contributed by atoms with van der Waals surface area (Å²) >= 11 is 3.34. The number of nitrogens with one attached hydrogen (secondary N) is 1. The highest BCUT2D eigenvalue weighted by atomic mass is 79.9. The maximum absolute atomic E-state index is 12.4. The summed E-state index contributed by atoms with van der Waals surface area (Å²) < 4.78 is 11.1. The third-order valence-corrected chi connectivity index (χ3v) is 4.25. The smallest absolute Gasteiger partial charge is 0.349 e. The van der Waals surface area contributed by atoms with Gasteiger partial charge in [0, 0.05) is 15.5 Å². The average molecular weight is 430 g/mol. The Bertz CT molecular complexity index is 1060. The Hall–Kier alpha value is -2.93. The minimum Gasteiger partial charge on any atom is -0.462 e. The van der Waals surface area contributed by atoms with Crippen molar-refractivity contribution in [2.75, 3.05) is 11.9 Å². The second-order valence-electron chi connectivity index (χ2n) is 5.80. The van der Waals surface area contributed by atoms with Crippen LogP contribution in [0.2, 0.25) is 0 Å². The number of ether oxygens (including phenoxy) is 1. The number of amides is 1. The Labute approximate surface area is 163 Å². The van der Waals surface area contributed by atoms with E-state index in [1.807, 2.05) is 6.92 Å². The van der Waals surface area contributed by atoms with Crippen LogP contribution in [0.5, 0.6) is 0 Å². The van der Waals surface area contributed by atoms with Crippen molar-refractivity contribution in [1.82, 2.24) is 0 Å². The summed E-state index contributed by atoms with van der Waals surface area (Å²) in [7, 11) is 0. The summed E-state index contributed by atoms with van der Waals surface area (Å²) in [4.78, 5) is 36.3. The highest BCUT2D eigenvalue weighted by molar-refractivity contribution is 9.10. The molecule has 0 unspecified atom stereocenters. The molecule has 0 aliphatic rings. The van der Waals surface area contributed by atoms with Gasteiger partial charge in [-0.05, 0) is 55.0 Å². The largest absolute Gasteiger partial charge is 0.462 e. The first kappa shape index (κ1) is 18.8. The minimum atomic E-state index is -0.720. The normalized spacial score (nSPS) is 10.6. The van der Waals surface area contributed by atoms with Crippen molar-refractivity contribution in [3.8, 4) is 0 Å². The molecule has 0 aliphatic carbocycles. The Morgan fingerprint density at radius 2 is 1.85 bits per heavy atom. The molecule has 7 heteroatoms. The number of fused-ring (bicyclic) bond motifs is 1. The molecule has 0 aliphatic heterocycles. The summed E-state index contributed by atoms with van der Waals surface area (Å²) in [6, 6.07) is 12.9. The van der Waals surface area contributed by atoms with Gasteiger partial charge in [0.15, 0.2) is 0 Å². The summed E-state index contributed by atoms with van der Waals surface area (Å²) in [5, 5.41) is 3.25. The van der Waals surface area contributed by atoms with Gasteiger partial charge in [-0.3, -0.25) is 4.79 Å². The highest BCUT2D eigenvalue weighted by Crippen LogP contribution is 2.20. The van der Waals surface area contributed by atoms with Gasteiger partial charge in [0.1, 0.15) is 11.1 Å². The van der Waals surface area contributed by atoms with Crippen LogP contribution >= 0.6 is 15.9 Å². The molecule has 6 nitrogen and oxygen atoms in total. The van der Waals surface area contributed by atoms with Crippen molar-refractivity contribution in [3.63, 3.8) is 0 Å². The van der Waals surface area contributed by atoms with Crippen molar-refractivity contribution in [1.29, 1.82) is 0 Å². The minimum absolute atomic E-state index is 0.105. The van der Waals surface area contributed by atoms with Crippen molar-refractivity contribution in [2.45, 2.75) is 13.3 Å². The number of anilines is 1. The van der Waals surface area contributed by atoms with E-state index >= 15 is 0 Å². The summed E-state index contributed by atoms with van der Waals surface area (Å²) in [6.07, 6.45) is 0.741. The molecule has 0 saturated carbocycles. The molecule has 0 bridgehead atoms. The van der Waals surface area contributed by atoms with Crippen LogP contribution in [-0.4, -0.2) is 18.5 Å². The molecule has 1 heterocycles. The van der Waals surface area contributed by atoms with E-state index in [1.54, 1.807) is 42.5 Å². The van der Waals surface area contributed by atoms with E-state index in [1.165, 1.54) is 6.07 Å². The second kappa shape index (κ2) is 8.18. The molecule has 3 aromatic rings. The van der Waals surface area contributed by atoms with Gasteiger partial charge in [-0.15, -0.1) is 0 Å². The van der Waals surface area contributed by atoms with E-state index in [-0.39, 0.29) is 5.56 Å². The van der Waals surface area contributed by atoms with E-state index < -0.39 is 17.5 Å². The van der Waals surface area contributed by atoms with Crippen LogP contribution in [0.1, 0.15) is 34.1 Å². The van der Waals surface area contributed by atoms with Gasteiger partial charge >= 0.3 is 11.6 Å². The van der Waals surface area contributed by atoms with Gasteiger partial charge < -0.3 is 14.5 Å². The van der Waals surface area contributed by atoms with Crippen LogP contribution in [0.25, 0.3) is 11.0 Å². The first-order valence-electron chi connectivity index (χ1n) is 8.30. The fourth-order valence-corrected chi connectivity index (χ4v) is 2.80. The van der Waals surface area contributed by atoms with Crippen molar-refractivity contribution < 1.29 is 18.7 Å². The lowest BCUT2D eigenvalue weighted by Gasteiger charge is -2.07. The van der Waals surface area contributed by atoms with E-state index in [9.17, 15) is 14.4 Å². The number of hydrogen-bond acceptors (Lipinski definition) is 5. The lowest BCUT2D eigenvalue weighted by atomic mass is 10.1. The SMILES string of the molecule is CCCOC(=O)c1ccc(NC(=O)c2cc3cc(Br)ccc3oc2=O)cc1. The molecule has 1 N–H and O–H groups in total. The third-order valence-electron chi connectivity index (χ3n) is 3.75. The summed E-state index contributed by atoms with van der Waals surface area (Å²) in [5.74, 6) is -1.01. The number of benzene rings is 2. The van der Waals surface area contributed by atoms with Gasteiger partial charge in [-0.25, -0.2) is 9.59 Å². The zero-order chi connectivity index (χ0) is 19.4. The molecule has 1 amide bonds.